The standard InChI is InChI=1S/C23H30N6O3/c30-22-19-14-26-21-18(5-6-25-21)20(19)29(23(31)27-22)15-17-3-1-16(2-4-17)13-24-7-8-28-9-11-32-12-10-28/h5-6,14-17,24H,1-4,7-13H2,(H-,25,26,27,30,31)/p+1. The van der Waals surface area contributed by atoms with Gasteiger partial charge in [0.2, 0.25) is 0 Å². The summed E-state index contributed by atoms with van der Waals surface area (Å²) in [6.07, 6.45) is 9.70. The molecule has 3 N–H and O–H groups in total. The van der Waals surface area contributed by atoms with Gasteiger partial charge in [0.15, 0.2) is 5.52 Å². The second-order valence-corrected chi connectivity index (χ2v) is 8.98. The predicted octanol–water partition coefficient (Wildman–Crippen LogP) is 0.509. The van der Waals surface area contributed by atoms with Crippen LogP contribution in [0.3, 0.4) is 0 Å². The average Bonchev–Trinajstić information content (AvgIpc) is 3.30. The molecule has 3 aromatic heterocycles. The van der Waals surface area contributed by atoms with Crippen LogP contribution in [-0.4, -0.2) is 65.8 Å². The van der Waals surface area contributed by atoms with Gasteiger partial charge in [0.25, 0.3) is 0 Å². The van der Waals surface area contributed by atoms with Crippen LogP contribution in [-0.2, 0) is 4.74 Å². The number of nitrogens with one attached hydrogen (secondary N) is 3. The summed E-state index contributed by atoms with van der Waals surface area (Å²) in [5, 5.41) is 4.89. The van der Waals surface area contributed by atoms with Gasteiger partial charge >= 0.3 is 11.2 Å². The van der Waals surface area contributed by atoms with E-state index < -0.39 is 0 Å². The number of hydrogen-bond acceptors (Lipinski definition) is 6. The van der Waals surface area contributed by atoms with E-state index in [1.54, 1.807) is 16.6 Å². The highest BCUT2D eigenvalue weighted by molar-refractivity contribution is 5.99. The summed E-state index contributed by atoms with van der Waals surface area (Å²) in [4.78, 5) is 37.2. The molecule has 0 amide bonds. The normalized spacial score (nSPS) is 23.3. The summed E-state index contributed by atoms with van der Waals surface area (Å²) < 4.78 is 7.02. The van der Waals surface area contributed by atoms with Crippen LogP contribution in [0.25, 0.3) is 21.9 Å². The van der Waals surface area contributed by atoms with Gasteiger partial charge in [0.1, 0.15) is 11.0 Å². The summed E-state index contributed by atoms with van der Waals surface area (Å²) in [5.41, 5.74) is 0.553. The Morgan fingerprint density at radius 3 is 2.81 bits per heavy atom. The topological polar surface area (TPSA) is 109 Å². The average molecular weight is 440 g/mol. The lowest BCUT2D eigenvalue weighted by Crippen LogP contribution is -2.45. The van der Waals surface area contributed by atoms with Crippen molar-refractivity contribution in [2.24, 2.45) is 11.8 Å². The molecular formula is C23H31N6O3+. The van der Waals surface area contributed by atoms with Gasteiger partial charge in [-0.2, -0.15) is 14.0 Å². The fourth-order valence-corrected chi connectivity index (χ4v) is 5.02. The zero-order valence-electron chi connectivity index (χ0n) is 18.3. The summed E-state index contributed by atoms with van der Waals surface area (Å²) in [7, 11) is 0. The van der Waals surface area contributed by atoms with Crippen LogP contribution in [0.2, 0.25) is 0 Å². The Labute approximate surface area is 185 Å². The van der Waals surface area contributed by atoms with Crippen molar-refractivity contribution in [1.82, 2.24) is 25.2 Å². The molecule has 2 fully saturated rings. The molecule has 0 radical (unpaired) electrons. The van der Waals surface area contributed by atoms with Gasteiger partial charge in [-0.3, -0.25) is 4.90 Å². The van der Waals surface area contributed by atoms with Crippen molar-refractivity contribution in [3.05, 3.63) is 45.5 Å². The molecule has 1 aliphatic heterocycles. The van der Waals surface area contributed by atoms with Crippen LogP contribution in [0.4, 0.5) is 0 Å². The molecule has 0 spiro atoms. The Bertz CT molecular complexity index is 1240. The fourth-order valence-electron chi connectivity index (χ4n) is 5.02. The van der Waals surface area contributed by atoms with Crippen molar-refractivity contribution in [2.75, 3.05) is 45.9 Å². The van der Waals surface area contributed by atoms with E-state index >= 15 is 0 Å². The van der Waals surface area contributed by atoms with Gasteiger partial charge in [0, 0.05) is 44.5 Å². The molecule has 0 aromatic carbocycles. The maximum Gasteiger partial charge on any atom is 0.503 e. The van der Waals surface area contributed by atoms with E-state index in [2.05, 4.69) is 25.2 Å². The van der Waals surface area contributed by atoms with Crippen molar-refractivity contribution in [2.45, 2.75) is 25.7 Å². The first-order valence-corrected chi connectivity index (χ1v) is 11.7. The molecule has 170 valence electrons. The molecule has 4 heterocycles. The number of hydrogen-bond donors (Lipinski definition) is 3. The molecule has 1 saturated carbocycles. The Kier molecular flexibility index (Phi) is 6.29. The van der Waals surface area contributed by atoms with Gasteiger partial charge in [-0.15, -0.1) is 0 Å². The monoisotopic (exact) mass is 439 g/mol. The van der Waals surface area contributed by atoms with Crippen LogP contribution in [0.15, 0.2) is 28.0 Å². The predicted molar refractivity (Wildman–Crippen MR) is 122 cm³/mol. The zero-order valence-corrected chi connectivity index (χ0v) is 18.3. The van der Waals surface area contributed by atoms with E-state index in [1.807, 2.05) is 12.3 Å². The van der Waals surface area contributed by atoms with Crippen molar-refractivity contribution in [3.63, 3.8) is 0 Å². The first-order chi connectivity index (χ1) is 15.7. The molecule has 9 nitrogen and oxygen atoms in total. The molecule has 1 saturated heterocycles. The Morgan fingerprint density at radius 2 is 2.00 bits per heavy atom. The second-order valence-electron chi connectivity index (χ2n) is 8.98. The first kappa shape index (κ1) is 21.2. The molecule has 2 aliphatic rings. The van der Waals surface area contributed by atoms with Gasteiger partial charge in [0.05, 0.1) is 24.8 Å². The summed E-state index contributed by atoms with van der Waals surface area (Å²) >= 11 is 0. The molecular weight excluding hydrogens is 408 g/mol. The van der Waals surface area contributed by atoms with Gasteiger partial charge in [-0.25, -0.2) is 9.78 Å². The number of pyridine rings is 1. The molecule has 0 bridgehead atoms. The Hall–Kier alpha value is -2.62. The third-order valence-corrected chi connectivity index (χ3v) is 6.88. The number of nitrogens with zero attached hydrogens (tertiary/aromatic N) is 3. The third-order valence-electron chi connectivity index (χ3n) is 6.88. The lowest BCUT2D eigenvalue weighted by Gasteiger charge is -2.28. The number of fused-ring (bicyclic) bond motifs is 3. The number of H-pyrrole nitrogens is 2. The largest absolute Gasteiger partial charge is 0.503 e. The number of morpholine rings is 1. The van der Waals surface area contributed by atoms with E-state index in [9.17, 15) is 9.59 Å². The van der Waals surface area contributed by atoms with Crippen LogP contribution < -0.4 is 20.8 Å². The maximum atomic E-state index is 12.7. The lowest BCUT2D eigenvalue weighted by molar-refractivity contribution is -0.505. The number of aromatic amines is 2. The van der Waals surface area contributed by atoms with E-state index in [4.69, 9.17) is 4.74 Å². The first-order valence-electron chi connectivity index (χ1n) is 11.7. The van der Waals surface area contributed by atoms with E-state index in [0.29, 0.717) is 28.4 Å². The molecule has 3 aromatic rings. The Balaban J connectivity index is 1.25. The number of aromatic nitrogens is 4. The van der Waals surface area contributed by atoms with E-state index in [0.717, 1.165) is 77.0 Å². The van der Waals surface area contributed by atoms with Gasteiger partial charge in [-0.05, 0) is 44.2 Å². The van der Waals surface area contributed by atoms with Crippen LogP contribution in [0, 0.1) is 18.1 Å². The van der Waals surface area contributed by atoms with E-state index in [-0.39, 0.29) is 11.2 Å². The third kappa shape index (κ3) is 4.46. The van der Waals surface area contributed by atoms with Gasteiger partial charge < -0.3 is 15.0 Å². The SMILES string of the molecule is O=c1[nH]c(=O)[n+](=CC2CCC(CNCCN3CCOCC3)CC2)c2c1c[nH]c1nccc12. The lowest BCUT2D eigenvalue weighted by atomic mass is 9.82. The molecule has 0 unspecified atom stereocenters. The van der Waals surface area contributed by atoms with Crippen molar-refractivity contribution in [1.29, 1.82) is 0 Å². The van der Waals surface area contributed by atoms with Crippen molar-refractivity contribution < 1.29 is 8.98 Å². The number of rotatable bonds is 6. The molecule has 1 aliphatic carbocycles. The van der Waals surface area contributed by atoms with Crippen molar-refractivity contribution >= 4 is 21.9 Å². The molecule has 32 heavy (non-hydrogen) atoms. The maximum absolute atomic E-state index is 12.7. The summed E-state index contributed by atoms with van der Waals surface area (Å²) in [6, 6.07) is 1.84. The van der Waals surface area contributed by atoms with Crippen LogP contribution in [0.1, 0.15) is 25.7 Å². The molecule has 0 atom stereocenters. The fraction of sp³-hybridized carbons (Fsp3) is 0.565. The van der Waals surface area contributed by atoms with Crippen molar-refractivity contribution in [3.8, 4) is 0 Å². The highest BCUT2D eigenvalue weighted by Crippen LogP contribution is 2.28. The van der Waals surface area contributed by atoms with Gasteiger partial charge in [-0.1, -0.05) is 0 Å². The van der Waals surface area contributed by atoms with Crippen LogP contribution >= 0.6 is 0 Å². The highest BCUT2D eigenvalue weighted by atomic mass is 16.5. The van der Waals surface area contributed by atoms with Crippen LogP contribution in [0.5, 0.6) is 0 Å². The summed E-state index contributed by atoms with van der Waals surface area (Å²) in [6.45, 7) is 6.91. The minimum atomic E-state index is -0.386. The molecule has 9 heteroatoms. The second kappa shape index (κ2) is 9.48. The molecule has 5 rings (SSSR count). The van der Waals surface area contributed by atoms with E-state index in [1.165, 1.54) is 0 Å². The number of ether oxygens (including phenoxy) is 1. The summed E-state index contributed by atoms with van der Waals surface area (Å²) in [5.74, 6) is 0.988. The highest BCUT2D eigenvalue weighted by Gasteiger charge is 2.23. The Morgan fingerprint density at radius 1 is 1.19 bits per heavy atom. The minimum Gasteiger partial charge on any atom is -0.379 e. The quantitative estimate of drug-likeness (QED) is 0.381. The minimum absolute atomic E-state index is 0.313. The smallest absolute Gasteiger partial charge is 0.379 e. The zero-order chi connectivity index (χ0) is 21.9.